The molecule has 1 aliphatic carbocycles. The van der Waals surface area contributed by atoms with Crippen molar-refractivity contribution < 1.29 is 9.59 Å². The van der Waals surface area contributed by atoms with E-state index in [1.807, 2.05) is 12.1 Å². The van der Waals surface area contributed by atoms with Crippen molar-refractivity contribution in [2.75, 3.05) is 5.73 Å². The average molecular weight is 275 g/mol. The SMILES string of the molecule is NC(=O)C1(NC(=O)Cc2ccc(N)cc2)CCCCC1. The number of benzene rings is 1. The smallest absolute Gasteiger partial charge is 0.243 e. The number of hydrogen-bond donors (Lipinski definition) is 3. The second-order valence-electron chi connectivity index (χ2n) is 5.47. The summed E-state index contributed by atoms with van der Waals surface area (Å²) < 4.78 is 0. The molecule has 1 aromatic carbocycles. The number of amides is 2. The van der Waals surface area contributed by atoms with Crippen LogP contribution < -0.4 is 16.8 Å². The van der Waals surface area contributed by atoms with Crippen molar-refractivity contribution in [1.82, 2.24) is 5.32 Å². The first-order valence-electron chi connectivity index (χ1n) is 6.97. The van der Waals surface area contributed by atoms with Crippen LogP contribution >= 0.6 is 0 Å². The number of nitrogens with one attached hydrogen (secondary N) is 1. The van der Waals surface area contributed by atoms with Crippen molar-refractivity contribution in [1.29, 1.82) is 0 Å². The van der Waals surface area contributed by atoms with Gasteiger partial charge in [-0.3, -0.25) is 9.59 Å². The van der Waals surface area contributed by atoms with E-state index >= 15 is 0 Å². The van der Waals surface area contributed by atoms with Crippen molar-refractivity contribution in [3.05, 3.63) is 29.8 Å². The van der Waals surface area contributed by atoms with Gasteiger partial charge in [0.05, 0.1) is 6.42 Å². The zero-order valence-electron chi connectivity index (χ0n) is 11.5. The summed E-state index contributed by atoms with van der Waals surface area (Å²) in [5, 5.41) is 2.85. The minimum Gasteiger partial charge on any atom is -0.399 e. The minimum absolute atomic E-state index is 0.171. The Balaban J connectivity index is 2.01. The number of carbonyl (C=O) groups excluding carboxylic acids is 2. The first-order valence-corrected chi connectivity index (χ1v) is 6.97. The van der Waals surface area contributed by atoms with Gasteiger partial charge in [0, 0.05) is 5.69 Å². The van der Waals surface area contributed by atoms with E-state index in [1.165, 1.54) is 0 Å². The lowest BCUT2D eigenvalue weighted by molar-refractivity contribution is -0.132. The summed E-state index contributed by atoms with van der Waals surface area (Å²) in [4.78, 5) is 23.8. The number of anilines is 1. The van der Waals surface area contributed by atoms with E-state index < -0.39 is 11.4 Å². The number of nitrogen functional groups attached to an aromatic ring is 1. The fourth-order valence-corrected chi connectivity index (χ4v) is 2.72. The van der Waals surface area contributed by atoms with E-state index in [9.17, 15) is 9.59 Å². The van der Waals surface area contributed by atoms with Gasteiger partial charge in [0.15, 0.2) is 0 Å². The summed E-state index contributed by atoms with van der Waals surface area (Å²) in [6.45, 7) is 0. The molecule has 0 aliphatic heterocycles. The van der Waals surface area contributed by atoms with Gasteiger partial charge in [0.1, 0.15) is 5.54 Å². The largest absolute Gasteiger partial charge is 0.399 e. The molecule has 1 saturated carbocycles. The predicted octanol–water partition coefficient (Wildman–Crippen LogP) is 1.12. The van der Waals surface area contributed by atoms with Gasteiger partial charge >= 0.3 is 0 Å². The molecular formula is C15H21N3O2. The topological polar surface area (TPSA) is 98.2 Å². The Labute approximate surface area is 118 Å². The van der Waals surface area contributed by atoms with E-state index in [1.54, 1.807) is 12.1 Å². The summed E-state index contributed by atoms with van der Waals surface area (Å²) in [5.74, 6) is -0.599. The van der Waals surface area contributed by atoms with Gasteiger partial charge in [0.25, 0.3) is 0 Å². The third-order valence-electron chi connectivity index (χ3n) is 3.90. The molecule has 1 fully saturated rings. The first kappa shape index (κ1) is 14.4. The molecule has 0 unspecified atom stereocenters. The van der Waals surface area contributed by atoms with Crippen LogP contribution in [0.1, 0.15) is 37.7 Å². The third-order valence-corrected chi connectivity index (χ3v) is 3.90. The van der Waals surface area contributed by atoms with Gasteiger partial charge in [-0.25, -0.2) is 0 Å². The second-order valence-corrected chi connectivity index (χ2v) is 5.47. The maximum atomic E-state index is 12.1. The zero-order valence-corrected chi connectivity index (χ0v) is 11.5. The molecular weight excluding hydrogens is 254 g/mol. The first-order chi connectivity index (χ1) is 9.52. The van der Waals surface area contributed by atoms with Crippen LogP contribution in [0.3, 0.4) is 0 Å². The second kappa shape index (κ2) is 5.94. The molecule has 0 radical (unpaired) electrons. The maximum absolute atomic E-state index is 12.1. The molecule has 0 atom stereocenters. The van der Waals surface area contributed by atoms with Crippen LogP contribution in [-0.4, -0.2) is 17.4 Å². The van der Waals surface area contributed by atoms with Gasteiger partial charge in [-0.1, -0.05) is 31.4 Å². The van der Waals surface area contributed by atoms with Gasteiger partial charge in [-0.2, -0.15) is 0 Å². The van der Waals surface area contributed by atoms with Crippen LogP contribution in [0.15, 0.2) is 24.3 Å². The molecule has 2 rings (SSSR count). The Hall–Kier alpha value is -2.04. The average Bonchev–Trinajstić information content (AvgIpc) is 2.42. The summed E-state index contributed by atoms with van der Waals surface area (Å²) in [6, 6.07) is 7.14. The molecule has 2 amide bonds. The molecule has 0 aromatic heterocycles. The van der Waals surface area contributed by atoms with Crippen LogP contribution in [0.4, 0.5) is 5.69 Å². The zero-order chi connectivity index (χ0) is 14.6. The number of hydrogen-bond acceptors (Lipinski definition) is 3. The van der Waals surface area contributed by atoms with E-state index in [-0.39, 0.29) is 12.3 Å². The minimum atomic E-state index is -0.858. The predicted molar refractivity (Wildman–Crippen MR) is 77.7 cm³/mol. The Kier molecular flexibility index (Phi) is 4.27. The quantitative estimate of drug-likeness (QED) is 0.718. The molecule has 0 spiro atoms. The molecule has 5 heteroatoms. The van der Waals surface area contributed by atoms with Crippen molar-refractivity contribution in [3.8, 4) is 0 Å². The monoisotopic (exact) mass is 275 g/mol. The molecule has 5 N–H and O–H groups in total. The fourth-order valence-electron chi connectivity index (χ4n) is 2.72. The summed E-state index contributed by atoms with van der Waals surface area (Å²) >= 11 is 0. The summed E-state index contributed by atoms with van der Waals surface area (Å²) in [6.07, 6.45) is 4.43. The van der Waals surface area contributed by atoms with Crippen molar-refractivity contribution in [2.24, 2.45) is 5.73 Å². The third kappa shape index (κ3) is 3.29. The van der Waals surface area contributed by atoms with Crippen molar-refractivity contribution in [2.45, 2.75) is 44.1 Å². The van der Waals surface area contributed by atoms with E-state index in [2.05, 4.69) is 5.32 Å². The maximum Gasteiger partial charge on any atom is 0.243 e. The molecule has 0 saturated heterocycles. The molecule has 20 heavy (non-hydrogen) atoms. The lowest BCUT2D eigenvalue weighted by Gasteiger charge is -2.35. The number of nitrogens with two attached hydrogens (primary N) is 2. The van der Waals surface area contributed by atoms with Gasteiger partial charge in [-0.15, -0.1) is 0 Å². The number of primary amides is 1. The highest BCUT2D eigenvalue weighted by atomic mass is 16.2. The Morgan fingerprint density at radius 1 is 1.10 bits per heavy atom. The highest BCUT2D eigenvalue weighted by Crippen LogP contribution is 2.28. The summed E-state index contributed by atoms with van der Waals surface area (Å²) in [7, 11) is 0. The Bertz CT molecular complexity index is 490. The molecule has 0 bridgehead atoms. The van der Waals surface area contributed by atoms with Crippen LogP contribution in [0.5, 0.6) is 0 Å². The van der Waals surface area contributed by atoms with E-state index in [4.69, 9.17) is 11.5 Å². The normalized spacial score (nSPS) is 17.4. The molecule has 108 valence electrons. The van der Waals surface area contributed by atoms with E-state index in [0.717, 1.165) is 24.8 Å². The van der Waals surface area contributed by atoms with Gasteiger partial charge in [0.2, 0.25) is 11.8 Å². The molecule has 0 heterocycles. The van der Waals surface area contributed by atoms with Crippen molar-refractivity contribution in [3.63, 3.8) is 0 Å². The van der Waals surface area contributed by atoms with Crippen molar-refractivity contribution >= 4 is 17.5 Å². The Morgan fingerprint density at radius 3 is 2.25 bits per heavy atom. The fraction of sp³-hybridized carbons (Fsp3) is 0.467. The van der Waals surface area contributed by atoms with E-state index in [0.29, 0.717) is 18.5 Å². The molecule has 1 aliphatic rings. The Morgan fingerprint density at radius 2 is 1.70 bits per heavy atom. The number of carbonyl (C=O) groups is 2. The van der Waals surface area contributed by atoms with Crippen LogP contribution in [0.25, 0.3) is 0 Å². The van der Waals surface area contributed by atoms with Gasteiger partial charge < -0.3 is 16.8 Å². The van der Waals surface area contributed by atoms with Crippen LogP contribution in [-0.2, 0) is 16.0 Å². The number of rotatable bonds is 4. The summed E-state index contributed by atoms with van der Waals surface area (Å²) in [5.41, 5.74) is 11.8. The lowest BCUT2D eigenvalue weighted by Crippen LogP contribution is -2.58. The molecule has 5 nitrogen and oxygen atoms in total. The highest BCUT2D eigenvalue weighted by Gasteiger charge is 2.38. The highest BCUT2D eigenvalue weighted by molar-refractivity contribution is 5.91. The van der Waals surface area contributed by atoms with Gasteiger partial charge in [-0.05, 0) is 30.5 Å². The van der Waals surface area contributed by atoms with Crippen LogP contribution in [0, 0.1) is 0 Å². The molecule has 1 aromatic rings. The standard InChI is InChI=1S/C15H21N3O2/c16-12-6-4-11(5-7-12)10-13(19)18-15(14(17)20)8-2-1-3-9-15/h4-7H,1-3,8-10,16H2,(H2,17,20)(H,18,19). The van der Waals surface area contributed by atoms with Crippen LogP contribution in [0.2, 0.25) is 0 Å². The lowest BCUT2D eigenvalue weighted by atomic mass is 9.81.